The van der Waals surface area contributed by atoms with Gasteiger partial charge in [-0.05, 0) is 26.3 Å². The predicted molar refractivity (Wildman–Crippen MR) is 68.0 cm³/mol. The first-order valence-electron chi connectivity index (χ1n) is 6.52. The molecular formula is C12H27NO5. The van der Waals surface area contributed by atoms with Gasteiger partial charge >= 0.3 is 0 Å². The van der Waals surface area contributed by atoms with Crippen molar-refractivity contribution in [3.05, 3.63) is 0 Å². The first-order chi connectivity index (χ1) is 8.65. The van der Waals surface area contributed by atoms with Crippen molar-refractivity contribution >= 4 is 0 Å². The van der Waals surface area contributed by atoms with E-state index in [9.17, 15) is 5.11 Å². The Balaban J connectivity index is 3.69. The molecule has 3 unspecified atom stereocenters. The SMILES string of the molecule is CC(O)C(CO)OC(CO)OCCCCCCN. The molecule has 18 heavy (non-hydrogen) atoms. The van der Waals surface area contributed by atoms with Gasteiger partial charge in [0.15, 0.2) is 6.29 Å². The van der Waals surface area contributed by atoms with Gasteiger partial charge in [0.05, 0.1) is 19.3 Å². The highest BCUT2D eigenvalue weighted by atomic mass is 16.7. The van der Waals surface area contributed by atoms with E-state index in [-0.39, 0.29) is 13.2 Å². The van der Waals surface area contributed by atoms with Gasteiger partial charge < -0.3 is 30.5 Å². The van der Waals surface area contributed by atoms with Crippen LogP contribution in [0.25, 0.3) is 0 Å². The molecule has 0 bridgehead atoms. The van der Waals surface area contributed by atoms with Crippen LogP contribution in [-0.4, -0.2) is 60.2 Å². The number of unbranched alkanes of at least 4 members (excludes halogenated alkanes) is 3. The molecule has 6 heteroatoms. The van der Waals surface area contributed by atoms with Crippen LogP contribution < -0.4 is 5.73 Å². The molecule has 0 amide bonds. The molecule has 0 fully saturated rings. The Hall–Kier alpha value is -0.240. The maximum Gasteiger partial charge on any atom is 0.181 e. The highest BCUT2D eigenvalue weighted by Gasteiger charge is 2.20. The molecule has 110 valence electrons. The van der Waals surface area contributed by atoms with E-state index in [1.54, 1.807) is 0 Å². The summed E-state index contributed by atoms with van der Waals surface area (Å²) in [4.78, 5) is 0. The smallest absolute Gasteiger partial charge is 0.181 e. The number of ether oxygens (including phenoxy) is 2. The standard InChI is InChI=1S/C12H27NO5/c1-10(16)11(8-14)18-12(9-15)17-7-5-3-2-4-6-13/h10-12,14-16H,2-9,13H2,1H3. The molecule has 0 aliphatic heterocycles. The Labute approximate surface area is 109 Å². The lowest BCUT2D eigenvalue weighted by Crippen LogP contribution is -2.36. The summed E-state index contributed by atoms with van der Waals surface area (Å²) in [6.07, 6.45) is 1.63. The van der Waals surface area contributed by atoms with E-state index < -0.39 is 18.5 Å². The van der Waals surface area contributed by atoms with Gasteiger partial charge in [0.2, 0.25) is 0 Å². The Kier molecular flexibility index (Phi) is 11.7. The fourth-order valence-corrected chi connectivity index (χ4v) is 1.45. The minimum Gasteiger partial charge on any atom is -0.394 e. The predicted octanol–water partition coefficient (Wildman–Crippen LogP) is -0.401. The van der Waals surface area contributed by atoms with Crippen molar-refractivity contribution in [2.45, 2.75) is 51.1 Å². The van der Waals surface area contributed by atoms with Crippen molar-refractivity contribution in [3.8, 4) is 0 Å². The molecular weight excluding hydrogens is 238 g/mol. The van der Waals surface area contributed by atoms with E-state index in [1.165, 1.54) is 6.92 Å². The summed E-state index contributed by atoms with van der Waals surface area (Å²) >= 11 is 0. The highest BCUT2D eigenvalue weighted by molar-refractivity contribution is 4.63. The van der Waals surface area contributed by atoms with E-state index >= 15 is 0 Å². The maximum absolute atomic E-state index is 9.29. The molecule has 0 radical (unpaired) electrons. The second kappa shape index (κ2) is 11.8. The van der Waals surface area contributed by atoms with Crippen molar-refractivity contribution in [2.24, 2.45) is 5.73 Å². The molecule has 3 atom stereocenters. The second-order valence-electron chi connectivity index (χ2n) is 4.28. The van der Waals surface area contributed by atoms with Crippen molar-refractivity contribution in [2.75, 3.05) is 26.4 Å². The molecule has 0 aliphatic rings. The summed E-state index contributed by atoms with van der Waals surface area (Å²) in [5, 5.41) is 27.3. The van der Waals surface area contributed by atoms with Crippen LogP contribution in [0.1, 0.15) is 32.6 Å². The van der Waals surface area contributed by atoms with E-state index in [4.69, 9.17) is 25.4 Å². The molecule has 0 rings (SSSR count). The Morgan fingerprint density at radius 3 is 2.22 bits per heavy atom. The van der Waals surface area contributed by atoms with Crippen molar-refractivity contribution < 1.29 is 24.8 Å². The van der Waals surface area contributed by atoms with Crippen LogP contribution in [0.15, 0.2) is 0 Å². The third-order valence-electron chi connectivity index (χ3n) is 2.60. The van der Waals surface area contributed by atoms with Crippen LogP contribution in [0.4, 0.5) is 0 Å². The molecule has 0 spiro atoms. The molecule has 0 heterocycles. The quantitative estimate of drug-likeness (QED) is 0.283. The van der Waals surface area contributed by atoms with Gasteiger partial charge in [0.1, 0.15) is 6.10 Å². The van der Waals surface area contributed by atoms with Gasteiger partial charge in [-0.15, -0.1) is 0 Å². The fourth-order valence-electron chi connectivity index (χ4n) is 1.45. The zero-order chi connectivity index (χ0) is 13.8. The number of nitrogens with two attached hydrogens (primary N) is 1. The average Bonchev–Trinajstić information content (AvgIpc) is 2.36. The molecule has 6 nitrogen and oxygen atoms in total. The van der Waals surface area contributed by atoms with E-state index in [1.807, 2.05) is 0 Å². The number of rotatable bonds is 12. The monoisotopic (exact) mass is 265 g/mol. The molecule has 0 aromatic heterocycles. The number of hydrogen-bond acceptors (Lipinski definition) is 6. The van der Waals surface area contributed by atoms with E-state index in [0.717, 1.165) is 25.7 Å². The summed E-state index contributed by atoms with van der Waals surface area (Å²) in [7, 11) is 0. The van der Waals surface area contributed by atoms with Crippen LogP contribution in [-0.2, 0) is 9.47 Å². The first-order valence-corrected chi connectivity index (χ1v) is 6.52. The van der Waals surface area contributed by atoms with E-state index in [0.29, 0.717) is 13.2 Å². The van der Waals surface area contributed by atoms with Gasteiger partial charge in [-0.2, -0.15) is 0 Å². The second-order valence-corrected chi connectivity index (χ2v) is 4.28. The summed E-state index contributed by atoms with van der Waals surface area (Å²) < 4.78 is 10.6. The highest BCUT2D eigenvalue weighted by Crippen LogP contribution is 2.06. The Morgan fingerprint density at radius 1 is 1.06 bits per heavy atom. The Bertz CT molecular complexity index is 180. The lowest BCUT2D eigenvalue weighted by molar-refractivity contribution is -0.212. The van der Waals surface area contributed by atoms with Crippen molar-refractivity contribution in [1.29, 1.82) is 0 Å². The third kappa shape index (κ3) is 8.79. The first kappa shape index (κ1) is 17.8. The zero-order valence-electron chi connectivity index (χ0n) is 11.1. The zero-order valence-corrected chi connectivity index (χ0v) is 11.1. The molecule has 0 aromatic carbocycles. The molecule has 5 N–H and O–H groups in total. The van der Waals surface area contributed by atoms with Crippen LogP contribution in [0.5, 0.6) is 0 Å². The van der Waals surface area contributed by atoms with Crippen LogP contribution in [0, 0.1) is 0 Å². The maximum atomic E-state index is 9.29. The van der Waals surface area contributed by atoms with E-state index in [2.05, 4.69) is 0 Å². The van der Waals surface area contributed by atoms with Gasteiger partial charge in [0, 0.05) is 6.61 Å². The van der Waals surface area contributed by atoms with Crippen LogP contribution in [0.3, 0.4) is 0 Å². The minimum atomic E-state index is -0.808. The lowest BCUT2D eigenvalue weighted by Gasteiger charge is -2.24. The summed E-state index contributed by atoms with van der Waals surface area (Å²) in [5.74, 6) is 0. The van der Waals surface area contributed by atoms with Crippen LogP contribution >= 0.6 is 0 Å². The van der Waals surface area contributed by atoms with Gasteiger partial charge in [-0.1, -0.05) is 12.8 Å². The van der Waals surface area contributed by atoms with Gasteiger partial charge in [-0.25, -0.2) is 0 Å². The molecule has 0 saturated carbocycles. The average molecular weight is 265 g/mol. The Morgan fingerprint density at radius 2 is 1.72 bits per heavy atom. The lowest BCUT2D eigenvalue weighted by atomic mass is 10.2. The van der Waals surface area contributed by atoms with Gasteiger partial charge in [0.25, 0.3) is 0 Å². The van der Waals surface area contributed by atoms with Crippen molar-refractivity contribution in [3.63, 3.8) is 0 Å². The normalized spacial score (nSPS) is 16.5. The van der Waals surface area contributed by atoms with Crippen LogP contribution in [0.2, 0.25) is 0 Å². The number of aliphatic hydroxyl groups is 3. The summed E-state index contributed by atoms with van der Waals surface area (Å²) in [5.41, 5.74) is 5.38. The summed E-state index contributed by atoms with van der Waals surface area (Å²) in [6, 6.07) is 0. The molecule has 0 saturated heterocycles. The van der Waals surface area contributed by atoms with Crippen molar-refractivity contribution in [1.82, 2.24) is 0 Å². The fraction of sp³-hybridized carbons (Fsp3) is 1.00. The third-order valence-corrected chi connectivity index (χ3v) is 2.60. The number of aliphatic hydroxyl groups excluding tert-OH is 3. The topological polar surface area (TPSA) is 105 Å². The summed E-state index contributed by atoms with van der Waals surface area (Å²) in [6.45, 7) is 2.09. The van der Waals surface area contributed by atoms with Gasteiger partial charge in [-0.3, -0.25) is 0 Å². The largest absolute Gasteiger partial charge is 0.394 e. The molecule has 0 aliphatic carbocycles. The number of hydrogen-bond donors (Lipinski definition) is 4. The minimum absolute atomic E-state index is 0.300. The molecule has 0 aromatic rings.